The van der Waals surface area contributed by atoms with Gasteiger partial charge < -0.3 is 15.0 Å². The second-order valence-electron chi connectivity index (χ2n) is 6.22. The van der Waals surface area contributed by atoms with Gasteiger partial charge in [-0.3, -0.25) is 4.79 Å². The molecule has 2 N–H and O–H groups in total. The van der Waals surface area contributed by atoms with Gasteiger partial charge in [0.1, 0.15) is 5.75 Å². The molecule has 23 heavy (non-hydrogen) atoms. The Balaban J connectivity index is 1.57. The number of amides is 1. The molecule has 2 atom stereocenters. The van der Waals surface area contributed by atoms with E-state index in [0.717, 1.165) is 29.7 Å². The number of ether oxygens (including phenoxy) is 1. The number of benzene rings is 1. The van der Waals surface area contributed by atoms with Gasteiger partial charge in [0, 0.05) is 17.9 Å². The minimum atomic E-state index is 0.118. The van der Waals surface area contributed by atoms with Crippen LogP contribution in [0.2, 0.25) is 0 Å². The van der Waals surface area contributed by atoms with Crippen LogP contribution in [-0.2, 0) is 4.79 Å². The van der Waals surface area contributed by atoms with Crippen LogP contribution in [0.3, 0.4) is 0 Å². The maximum absolute atomic E-state index is 11.9. The largest absolute Gasteiger partial charge is 0.497 e. The zero-order valence-electron chi connectivity index (χ0n) is 14.3. The number of carbonyl (C=O) groups is 1. The van der Waals surface area contributed by atoms with Crippen molar-refractivity contribution in [3.05, 3.63) is 24.3 Å². The number of thioether (sulfide) groups is 1. The van der Waals surface area contributed by atoms with Crippen molar-refractivity contribution in [2.24, 2.45) is 0 Å². The van der Waals surface area contributed by atoms with Crippen molar-refractivity contribution in [1.29, 1.82) is 0 Å². The molecule has 0 saturated carbocycles. The van der Waals surface area contributed by atoms with Gasteiger partial charge in [0.15, 0.2) is 0 Å². The first-order valence-electron chi connectivity index (χ1n) is 8.57. The van der Waals surface area contributed by atoms with Crippen LogP contribution in [0.1, 0.15) is 32.6 Å². The van der Waals surface area contributed by atoms with E-state index < -0.39 is 0 Å². The molecule has 0 aromatic heterocycles. The molecule has 1 aromatic carbocycles. The smallest absolute Gasteiger partial charge is 0.230 e. The van der Waals surface area contributed by atoms with Gasteiger partial charge in [-0.1, -0.05) is 0 Å². The molecule has 1 amide bonds. The molecule has 2 rings (SSSR count). The molecule has 1 unspecified atom stereocenters. The van der Waals surface area contributed by atoms with Crippen molar-refractivity contribution in [3.63, 3.8) is 0 Å². The number of rotatable bonds is 8. The molecular weight excluding hydrogens is 308 g/mol. The van der Waals surface area contributed by atoms with E-state index in [4.69, 9.17) is 4.74 Å². The Kier molecular flexibility index (Phi) is 7.76. The summed E-state index contributed by atoms with van der Waals surface area (Å²) in [6.45, 7) is 5.60. The summed E-state index contributed by atoms with van der Waals surface area (Å²) in [7, 11) is 1.65. The number of piperidine rings is 1. The summed E-state index contributed by atoms with van der Waals surface area (Å²) >= 11 is 1.56. The van der Waals surface area contributed by atoms with Crippen LogP contribution >= 0.6 is 11.8 Å². The SMILES string of the molecule is COc1ccc(SCC(=O)NCCC[NH+]2CCCC[C@@H]2C)cc1. The molecule has 1 fully saturated rings. The lowest BCUT2D eigenvalue weighted by molar-refractivity contribution is -0.928. The fourth-order valence-electron chi connectivity index (χ4n) is 3.04. The van der Waals surface area contributed by atoms with Crippen LogP contribution in [0.25, 0.3) is 0 Å². The third-order valence-electron chi connectivity index (χ3n) is 4.51. The topological polar surface area (TPSA) is 42.8 Å². The van der Waals surface area contributed by atoms with Crippen LogP contribution < -0.4 is 15.0 Å². The molecule has 4 nitrogen and oxygen atoms in total. The zero-order valence-corrected chi connectivity index (χ0v) is 15.1. The quantitative estimate of drug-likeness (QED) is 0.561. The Morgan fingerprint density at radius 1 is 1.35 bits per heavy atom. The summed E-state index contributed by atoms with van der Waals surface area (Å²) in [5.74, 6) is 1.43. The number of nitrogens with one attached hydrogen (secondary N) is 2. The summed E-state index contributed by atoms with van der Waals surface area (Å²) in [6.07, 6.45) is 5.15. The number of hydrogen-bond donors (Lipinski definition) is 2. The summed E-state index contributed by atoms with van der Waals surface area (Å²) < 4.78 is 5.13. The molecule has 0 spiro atoms. The lowest BCUT2D eigenvalue weighted by Gasteiger charge is -2.30. The number of hydrogen-bond acceptors (Lipinski definition) is 3. The van der Waals surface area contributed by atoms with E-state index in [0.29, 0.717) is 5.75 Å². The lowest BCUT2D eigenvalue weighted by atomic mass is 10.0. The molecule has 1 aliphatic rings. The van der Waals surface area contributed by atoms with Crippen LogP contribution in [0, 0.1) is 0 Å². The molecule has 128 valence electrons. The van der Waals surface area contributed by atoms with Gasteiger partial charge in [0.25, 0.3) is 0 Å². The second-order valence-corrected chi connectivity index (χ2v) is 7.27. The lowest BCUT2D eigenvalue weighted by Crippen LogP contribution is -3.16. The fourth-order valence-corrected chi connectivity index (χ4v) is 3.77. The molecule has 1 heterocycles. The number of methoxy groups -OCH3 is 1. The molecule has 1 aliphatic heterocycles. The highest BCUT2D eigenvalue weighted by molar-refractivity contribution is 8.00. The van der Waals surface area contributed by atoms with Gasteiger partial charge in [-0.15, -0.1) is 11.8 Å². The van der Waals surface area contributed by atoms with Gasteiger partial charge in [0.05, 0.1) is 32.0 Å². The number of carbonyl (C=O) groups excluding carboxylic acids is 1. The number of quaternary nitrogens is 1. The van der Waals surface area contributed by atoms with Crippen molar-refractivity contribution in [1.82, 2.24) is 5.32 Å². The molecule has 5 heteroatoms. The monoisotopic (exact) mass is 337 g/mol. The molecule has 1 saturated heterocycles. The van der Waals surface area contributed by atoms with Crippen molar-refractivity contribution in [3.8, 4) is 5.75 Å². The molecular formula is C18H29N2O2S+. The van der Waals surface area contributed by atoms with Crippen molar-refractivity contribution in [2.75, 3.05) is 32.5 Å². The van der Waals surface area contributed by atoms with E-state index in [-0.39, 0.29) is 5.91 Å². The fraction of sp³-hybridized carbons (Fsp3) is 0.611. The zero-order chi connectivity index (χ0) is 16.5. The summed E-state index contributed by atoms with van der Waals surface area (Å²) in [4.78, 5) is 14.7. The van der Waals surface area contributed by atoms with Crippen molar-refractivity contribution >= 4 is 17.7 Å². The predicted molar refractivity (Wildman–Crippen MR) is 95.4 cm³/mol. The third kappa shape index (κ3) is 6.43. The van der Waals surface area contributed by atoms with Crippen LogP contribution in [0.4, 0.5) is 0 Å². The highest BCUT2D eigenvalue weighted by Gasteiger charge is 2.20. The van der Waals surface area contributed by atoms with Gasteiger partial charge >= 0.3 is 0 Å². The first-order valence-corrected chi connectivity index (χ1v) is 9.55. The first-order chi connectivity index (χ1) is 11.2. The van der Waals surface area contributed by atoms with Crippen LogP contribution in [0.5, 0.6) is 5.75 Å². The molecule has 1 aromatic rings. The molecule has 0 radical (unpaired) electrons. The maximum atomic E-state index is 11.9. The highest BCUT2D eigenvalue weighted by Crippen LogP contribution is 2.20. The molecule has 0 bridgehead atoms. The Bertz CT molecular complexity index is 478. The van der Waals surface area contributed by atoms with Crippen molar-refractivity contribution in [2.45, 2.75) is 43.5 Å². The van der Waals surface area contributed by atoms with E-state index in [2.05, 4.69) is 12.2 Å². The van der Waals surface area contributed by atoms with E-state index in [1.165, 1.54) is 32.4 Å². The Hall–Kier alpha value is -1.20. The molecule has 0 aliphatic carbocycles. The maximum Gasteiger partial charge on any atom is 0.230 e. The second kappa shape index (κ2) is 9.83. The van der Waals surface area contributed by atoms with Gasteiger partial charge in [-0.25, -0.2) is 0 Å². The first kappa shape index (κ1) is 18.1. The van der Waals surface area contributed by atoms with Crippen molar-refractivity contribution < 1.29 is 14.4 Å². The summed E-state index contributed by atoms with van der Waals surface area (Å²) in [5, 5.41) is 3.03. The Morgan fingerprint density at radius 2 is 2.13 bits per heavy atom. The summed E-state index contributed by atoms with van der Waals surface area (Å²) in [6, 6.07) is 8.59. The third-order valence-corrected chi connectivity index (χ3v) is 5.52. The van der Waals surface area contributed by atoms with E-state index >= 15 is 0 Å². The van der Waals surface area contributed by atoms with E-state index in [1.54, 1.807) is 23.8 Å². The van der Waals surface area contributed by atoms with Gasteiger partial charge in [-0.2, -0.15) is 0 Å². The minimum absolute atomic E-state index is 0.118. The van der Waals surface area contributed by atoms with Crippen LogP contribution in [0.15, 0.2) is 29.2 Å². The van der Waals surface area contributed by atoms with E-state index in [9.17, 15) is 4.79 Å². The highest BCUT2D eigenvalue weighted by atomic mass is 32.2. The average Bonchev–Trinajstić information content (AvgIpc) is 2.59. The normalized spacial score (nSPS) is 21.0. The number of likely N-dealkylation sites (tertiary alicyclic amines) is 1. The van der Waals surface area contributed by atoms with Gasteiger partial charge in [-0.05, 0) is 50.5 Å². The van der Waals surface area contributed by atoms with Crippen LogP contribution in [-0.4, -0.2) is 44.4 Å². The average molecular weight is 338 g/mol. The van der Waals surface area contributed by atoms with E-state index in [1.807, 2.05) is 24.3 Å². The Morgan fingerprint density at radius 3 is 2.83 bits per heavy atom. The minimum Gasteiger partial charge on any atom is -0.497 e. The Labute approximate surface area is 144 Å². The predicted octanol–water partition coefficient (Wildman–Crippen LogP) is 1.75. The van der Waals surface area contributed by atoms with Gasteiger partial charge in [0.2, 0.25) is 5.91 Å². The standard InChI is InChI=1S/C18H28N2O2S/c1-15-6-3-4-12-20(15)13-5-11-19-18(21)14-23-17-9-7-16(22-2)8-10-17/h7-10,15H,3-6,11-14H2,1-2H3,(H,19,21)/p+1/t15-/m0/s1. The summed E-state index contributed by atoms with van der Waals surface area (Å²) in [5.41, 5.74) is 0.